The Bertz CT molecular complexity index is 369. The highest BCUT2D eigenvalue weighted by atomic mass is 19.1. The molecule has 1 saturated carbocycles. The molecule has 1 atom stereocenters. The number of benzene rings is 1. The van der Waals surface area contributed by atoms with E-state index in [0.29, 0.717) is 12.3 Å². The van der Waals surface area contributed by atoms with Gasteiger partial charge in [-0.1, -0.05) is 31.4 Å². The smallest absolute Gasteiger partial charge is 0.123 e. The molecule has 0 heterocycles. The summed E-state index contributed by atoms with van der Waals surface area (Å²) < 4.78 is 13.2. The maximum absolute atomic E-state index is 13.2. The van der Waals surface area contributed by atoms with E-state index in [0.717, 1.165) is 11.8 Å². The molecule has 0 bridgehead atoms. The van der Waals surface area contributed by atoms with E-state index in [2.05, 4.69) is 0 Å². The Balaban J connectivity index is 2.18. The molecule has 1 aliphatic rings. The van der Waals surface area contributed by atoms with Crippen LogP contribution in [0.25, 0.3) is 0 Å². The summed E-state index contributed by atoms with van der Waals surface area (Å²) in [7, 11) is 0. The van der Waals surface area contributed by atoms with Crippen molar-refractivity contribution >= 4 is 6.29 Å². The van der Waals surface area contributed by atoms with Gasteiger partial charge < -0.3 is 4.79 Å². The van der Waals surface area contributed by atoms with Gasteiger partial charge >= 0.3 is 0 Å². The Morgan fingerprint density at radius 1 is 1.29 bits per heavy atom. The number of halogens is 1. The lowest BCUT2D eigenvalue weighted by Crippen LogP contribution is -2.17. The fraction of sp³-hybridized carbons (Fsp3) is 0.533. The summed E-state index contributed by atoms with van der Waals surface area (Å²) in [6.45, 7) is 0. The quantitative estimate of drug-likeness (QED) is 0.717. The minimum Gasteiger partial charge on any atom is -0.303 e. The molecule has 1 aromatic rings. The largest absolute Gasteiger partial charge is 0.303 e. The van der Waals surface area contributed by atoms with E-state index < -0.39 is 0 Å². The van der Waals surface area contributed by atoms with Gasteiger partial charge in [0.05, 0.1) is 0 Å². The van der Waals surface area contributed by atoms with Crippen molar-refractivity contribution in [1.29, 1.82) is 0 Å². The van der Waals surface area contributed by atoms with Crippen molar-refractivity contribution in [2.24, 2.45) is 5.92 Å². The molecule has 0 aliphatic heterocycles. The Labute approximate surface area is 102 Å². The van der Waals surface area contributed by atoms with E-state index in [4.69, 9.17) is 0 Å². The van der Waals surface area contributed by atoms with E-state index in [1.165, 1.54) is 38.2 Å². The maximum Gasteiger partial charge on any atom is 0.123 e. The van der Waals surface area contributed by atoms with Crippen LogP contribution >= 0.6 is 0 Å². The van der Waals surface area contributed by atoms with Crippen LogP contribution < -0.4 is 0 Å². The number of hydrogen-bond acceptors (Lipinski definition) is 1. The molecule has 0 spiro atoms. The second kappa shape index (κ2) is 5.95. The molecule has 92 valence electrons. The van der Waals surface area contributed by atoms with E-state index in [1.807, 2.05) is 6.07 Å². The van der Waals surface area contributed by atoms with Gasteiger partial charge in [-0.15, -0.1) is 0 Å². The van der Waals surface area contributed by atoms with Crippen molar-refractivity contribution in [1.82, 2.24) is 0 Å². The van der Waals surface area contributed by atoms with Gasteiger partial charge in [-0.05, 0) is 42.4 Å². The Morgan fingerprint density at radius 2 is 2.06 bits per heavy atom. The monoisotopic (exact) mass is 234 g/mol. The molecular weight excluding hydrogens is 215 g/mol. The molecular formula is C15H19FO. The third kappa shape index (κ3) is 3.15. The minimum atomic E-state index is -0.200. The van der Waals surface area contributed by atoms with Crippen molar-refractivity contribution < 1.29 is 9.18 Å². The van der Waals surface area contributed by atoms with Crippen molar-refractivity contribution in [2.45, 2.75) is 44.4 Å². The summed E-state index contributed by atoms with van der Waals surface area (Å²) in [6, 6.07) is 6.74. The fourth-order valence-electron chi connectivity index (χ4n) is 2.98. The fourth-order valence-corrected chi connectivity index (χ4v) is 2.98. The van der Waals surface area contributed by atoms with Crippen LogP contribution in [0.5, 0.6) is 0 Å². The summed E-state index contributed by atoms with van der Waals surface area (Å²) in [5.41, 5.74) is 0.990. The first-order valence-corrected chi connectivity index (χ1v) is 6.50. The minimum absolute atomic E-state index is 0.200. The van der Waals surface area contributed by atoms with Crippen molar-refractivity contribution in [3.63, 3.8) is 0 Å². The van der Waals surface area contributed by atoms with Gasteiger partial charge in [-0.2, -0.15) is 0 Å². The van der Waals surface area contributed by atoms with E-state index in [9.17, 15) is 9.18 Å². The molecule has 1 aliphatic carbocycles. The number of aldehydes is 1. The SMILES string of the molecule is O=CCC(c1cccc(F)c1)C1CCCCC1. The molecule has 1 aromatic carbocycles. The van der Waals surface area contributed by atoms with Gasteiger partial charge in [-0.25, -0.2) is 4.39 Å². The summed E-state index contributed by atoms with van der Waals surface area (Å²) in [5, 5.41) is 0. The van der Waals surface area contributed by atoms with Crippen molar-refractivity contribution in [3.05, 3.63) is 35.6 Å². The van der Waals surface area contributed by atoms with Gasteiger partial charge in [0.2, 0.25) is 0 Å². The molecule has 17 heavy (non-hydrogen) atoms. The van der Waals surface area contributed by atoms with Crippen LogP contribution in [0, 0.1) is 11.7 Å². The molecule has 1 unspecified atom stereocenters. The summed E-state index contributed by atoms with van der Waals surface area (Å²) in [5.74, 6) is 0.563. The zero-order valence-electron chi connectivity index (χ0n) is 10.1. The maximum atomic E-state index is 13.2. The third-order valence-electron chi connectivity index (χ3n) is 3.85. The first-order valence-electron chi connectivity index (χ1n) is 6.50. The lowest BCUT2D eigenvalue weighted by Gasteiger charge is -2.29. The molecule has 0 amide bonds. The molecule has 2 rings (SSSR count). The number of carbonyl (C=O) groups excluding carboxylic acids is 1. The molecule has 0 radical (unpaired) electrons. The molecule has 0 aromatic heterocycles. The highest BCUT2D eigenvalue weighted by Crippen LogP contribution is 2.37. The molecule has 1 fully saturated rings. The number of carbonyl (C=O) groups is 1. The number of rotatable bonds is 4. The highest BCUT2D eigenvalue weighted by Gasteiger charge is 2.24. The van der Waals surface area contributed by atoms with Gasteiger partial charge in [0.25, 0.3) is 0 Å². The van der Waals surface area contributed by atoms with Crippen LogP contribution in [-0.4, -0.2) is 6.29 Å². The molecule has 1 nitrogen and oxygen atoms in total. The van der Waals surface area contributed by atoms with Crippen LogP contribution in [0.15, 0.2) is 24.3 Å². The first kappa shape index (κ1) is 12.3. The standard InChI is InChI=1S/C15H19FO/c16-14-8-4-7-13(11-14)15(9-10-17)12-5-2-1-3-6-12/h4,7-8,10-12,15H,1-3,5-6,9H2. The lowest BCUT2D eigenvalue weighted by molar-refractivity contribution is -0.108. The molecule has 0 N–H and O–H groups in total. The molecule has 0 saturated heterocycles. The van der Waals surface area contributed by atoms with E-state index >= 15 is 0 Å². The van der Waals surface area contributed by atoms with Crippen LogP contribution in [0.2, 0.25) is 0 Å². The second-order valence-corrected chi connectivity index (χ2v) is 4.96. The summed E-state index contributed by atoms with van der Waals surface area (Å²) in [4.78, 5) is 10.8. The van der Waals surface area contributed by atoms with Crippen LogP contribution in [0.3, 0.4) is 0 Å². The average molecular weight is 234 g/mol. The lowest BCUT2D eigenvalue weighted by atomic mass is 9.75. The van der Waals surface area contributed by atoms with Crippen LogP contribution in [-0.2, 0) is 4.79 Å². The van der Waals surface area contributed by atoms with Gasteiger partial charge in [0, 0.05) is 6.42 Å². The Morgan fingerprint density at radius 3 is 2.71 bits per heavy atom. The van der Waals surface area contributed by atoms with Crippen molar-refractivity contribution in [2.75, 3.05) is 0 Å². The van der Waals surface area contributed by atoms with Gasteiger partial charge in [0.15, 0.2) is 0 Å². The Kier molecular flexibility index (Phi) is 4.29. The van der Waals surface area contributed by atoms with Gasteiger partial charge in [-0.3, -0.25) is 0 Å². The summed E-state index contributed by atoms with van der Waals surface area (Å²) in [6.07, 6.45) is 7.64. The number of hydrogen-bond donors (Lipinski definition) is 0. The van der Waals surface area contributed by atoms with Gasteiger partial charge in [0.1, 0.15) is 12.1 Å². The van der Waals surface area contributed by atoms with Crippen LogP contribution in [0.1, 0.15) is 50.0 Å². The Hall–Kier alpha value is -1.18. The first-order chi connectivity index (χ1) is 8.31. The van der Waals surface area contributed by atoms with Crippen LogP contribution in [0.4, 0.5) is 4.39 Å². The predicted octanol–water partition coefficient (Wildman–Crippen LogP) is 4.08. The third-order valence-corrected chi connectivity index (χ3v) is 3.85. The zero-order chi connectivity index (χ0) is 12.1. The van der Waals surface area contributed by atoms with E-state index in [-0.39, 0.29) is 11.7 Å². The topological polar surface area (TPSA) is 17.1 Å². The second-order valence-electron chi connectivity index (χ2n) is 4.96. The average Bonchev–Trinajstić information content (AvgIpc) is 2.37. The predicted molar refractivity (Wildman–Crippen MR) is 66.4 cm³/mol. The zero-order valence-corrected chi connectivity index (χ0v) is 10.1. The van der Waals surface area contributed by atoms with E-state index in [1.54, 1.807) is 12.1 Å². The summed E-state index contributed by atoms with van der Waals surface area (Å²) >= 11 is 0. The highest BCUT2D eigenvalue weighted by molar-refractivity contribution is 5.51. The molecule has 2 heteroatoms. The van der Waals surface area contributed by atoms with Crippen molar-refractivity contribution in [3.8, 4) is 0 Å². The normalized spacial score (nSPS) is 18.9.